The molecule has 0 spiro atoms. The van der Waals surface area contributed by atoms with Crippen LogP contribution >= 0.6 is 15.9 Å². The van der Waals surface area contributed by atoms with Crippen molar-refractivity contribution in [1.29, 1.82) is 0 Å². The van der Waals surface area contributed by atoms with Gasteiger partial charge >= 0.3 is 0 Å². The van der Waals surface area contributed by atoms with Crippen LogP contribution in [0.5, 0.6) is 0 Å². The molecule has 0 aliphatic rings. The molecule has 2 nitrogen and oxygen atoms in total. The topological polar surface area (TPSA) is 17.8 Å². The van der Waals surface area contributed by atoms with Gasteiger partial charge in [0.15, 0.2) is 0 Å². The Hall–Kier alpha value is -2.91. The first-order valence-corrected chi connectivity index (χ1v) is 9.31. The monoisotopic (exact) mass is 398 g/mol. The highest BCUT2D eigenvalue weighted by Gasteiger charge is 2.09. The third kappa shape index (κ3) is 2.52. The Morgan fingerprint density at radius 3 is 2.35 bits per heavy atom. The van der Waals surface area contributed by atoms with Gasteiger partial charge in [-0.15, -0.1) is 0 Å². The summed E-state index contributed by atoms with van der Waals surface area (Å²) >= 11 is 3.56. The Morgan fingerprint density at radius 2 is 1.50 bits per heavy atom. The van der Waals surface area contributed by atoms with E-state index in [1.165, 1.54) is 27.3 Å². The largest absolute Gasteiger partial charge is 0.233 e. The maximum Gasteiger partial charge on any atom is 0.0747 e. The van der Waals surface area contributed by atoms with E-state index in [9.17, 15) is 0 Å². The van der Waals surface area contributed by atoms with Crippen molar-refractivity contribution >= 4 is 37.6 Å². The lowest BCUT2D eigenvalue weighted by Crippen LogP contribution is -1.94. The third-order valence-corrected chi connectivity index (χ3v) is 5.22. The minimum atomic E-state index is 1.07. The van der Waals surface area contributed by atoms with Crippen LogP contribution in [0.2, 0.25) is 0 Å². The molecule has 0 saturated carbocycles. The number of hydrogen-bond acceptors (Lipinski definition) is 1. The maximum atomic E-state index is 4.64. The van der Waals surface area contributed by atoms with E-state index in [0.717, 1.165) is 15.7 Å². The minimum absolute atomic E-state index is 1.07. The van der Waals surface area contributed by atoms with Gasteiger partial charge in [-0.2, -0.15) is 5.10 Å². The van der Waals surface area contributed by atoms with Gasteiger partial charge in [-0.1, -0.05) is 64.5 Å². The Balaban J connectivity index is 1.74. The second-order valence-corrected chi connectivity index (χ2v) is 7.25. The molecule has 124 valence electrons. The molecule has 0 amide bonds. The summed E-state index contributed by atoms with van der Waals surface area (Å²) in [5.74, 6) is 0. The molecule has 1 aromatic heterocycles. The van der Waals surface area contributed by atoms with Crippen LogP contribution < -0.4 is 0 Å². The first-order chi connectivity index (χ1) is 12.8. The van der Waals surface area contributed by atoms with Crippen molar-refractivity contribution in [2.24, 2.45) is 0 Å². The van der Waals surface area contributed by atoms with Crippen LogP contribution in [0, 0.1) is 0 Å². The highest BCUT2D eigenvalue weighted by atomic mass is 79.9. The quantitative estimate of drug-likeness (QED) is 0.327. The zero-order chi connectivity index (χ0) is 17.5. The second-order valence-electron chi connectivity index (χ2n) is 6.34. The molecule has 0 atom stereocenters. The molecule has 0 radical (unpaired) electrons. The van der Waals surface area contributed by atoms with E-state index in [0.29, 0.717) is 0 Å². The molecule has 3 heteroatoms. The smallest absolute Gasteiger partial charge is 0.0747 e. The number of rotatable bonds is 2. The molecular weight excluding hydrogens is 384 g/mol. The van der Waals surface area contributed by atoms with Gasteiger partial charge in [-0.25, -0.2) is 4.68 Å². The molecule has 5 rings (SSSR count). The average molecular weight is 399 g/mol. The number of hydrogen-bond donors (Lipinski definition) is 0. The van der Waals surface area contributed by atoms with Gasteiger partial charge in [0.05, 0.1) is 17.4 Å². The highest BCUT2D eigenvalue weighted by Crippen LogP contribution is 2.31. The van der Waals surface area contributed by atoms with E-state index < -0.39 is 0 Å². The first-order valence-electron chi connectivity index (χ1n) is 8.51. The van der Waals surface area contributed by atoms with Crippen molar-refractivity contribution in [3.63, 3.8) is 0 Å². The van der Waals surface area contributed by atoms with Crippen molar-refractivity contribution in [1.82, 2.24) is 9.78 Å². The Morgan fingerprint density at radius 1 is 0.692 bits per heavy atom. The number of nitrogens with zero attached hydrogens (tertiary/aromatic N) is 2. The van der Waals surface area contributed by atoms with E-state index >= 15 is 0 Å². The third-order valence-electron chi connectivity index (χ3n) is 4.73. The Bertz CT molecular complexity index is 1240. The predicted molar refractivity (Wildman–Crippen MR) is 112 cm³/mol. The lowest BCUT2D eigenvalue weighted by atomic mass is 9.99. The molecule has 0 unspecified atom stereocenters. The molecule has 26 heavy (non-hydrogen) atoms. The fourth-order valence-corrected chi connectivity index (χ4v) is 3.85. The van der Waals surface area contributed by atoms with Gasteiger partial charge in [-0.3, -0.25) is 0 Å². The average Bonchev–Trinajstić information content (AvgIpc) is 3.13. The zero-order valence-electron chi connectivity index (χ0n) is 13.9. The van der Waals surface area contributed by atoms with Crippen LogP contribution in [0.1, 0.15) is 0 Å². The van der Waals surface area contributed by atoms with E-state index in [1.54, 1.807) is 0 Å². The fourth-order valence-electron chi connectivity index (χ4n) is 3.45. The van der Waals surface area contributed by atoms with Crippen LogP contribution in [0.25, 0.3) is 38.5 Å². The van der Waals surface area contributed by atoms with Crippen LogP contribution in [-0.4, -0.2) is 9.78 Å². The molecule has 1 heterocycles. The summed E-state index contributed by atoms with van der Waals surface area (Å²) in [6.45, 7) is 0. The molecule has 4 aromatic carbocycles. The summed E-state index contributed by atoms with van der Waals surface area (Å²) in [5.41, 5.74) is 4.60. The summed E-state index contributed by atoms with van der Waals surface area (Å²) in [6, 6.07) is 29.6. The molecule has 0 aliphatic carbocycles. The lowest BCUT2D eigenvalue weighted by molar-refractivity contribution is 0.911. The maximum absolute atomic E-state index is 4.64. The van der Waals surface area contributed by atoms with Crippen LogP contribution in [0.4, 0.5) is 0 Å². The number of benzene rings is 4. The molecule has 0 aliphatic heterocycles. The van der Waals surface area contributed by atoms with Crippen molar-refractivity contribution in [3.8, 4) is 16.8 Å². The van der Waals surface area contributed by atoms with Crippen LogP contribution in [-0.2, 0) is 0 Å². The van der Waals surface area contributed by atoms with Gasteiger partial charge in [0.2, 0.25) is 0 Å². The van der Waals surface area contributed by atoms with Crippen LogP contribution in [0.3, 0.4) is 0 Å². The number of halogens is 1. The zero-order valence-corrected chi connectivity index (χ0v) is 15.5. The molecular formula is C23H15BrN2. The van der Waals surface area contributed by atoms with Crippen molar-refractivity contribution in [2.75, 3.05) is 0 Å². The highest BCUT2D eigenvalue weighted by molar-refractivity contribution is 9.10. The molecule has 0 N–H and O–H groups in total. The van der Waals surface area contributed by atoms with E-state index in [2.05, 4.69) is 81.7 Å². The van der Waals surface area contributed by atoms with Gasteiger partial charge in [0.25, 0.3) is 0 Å². The van der Waals surface area contributed by atoms with Gasteiger partial charge < -0.3 is 0 Å². The molecule has 0 bridgehead atoms. The summed E-state index contributed by atoms with van der Waals surface area (Å²) in [4.78, 5) is 0. The van der Waals surface area contributed by atoms with Gasteiger partial charge in [0, 0.05) is 9.86 Å². The Labute approximate surface area is 159 Å². The van der Waals surface area contributed by atoms with Crippen molar-refractivity contribution in [3.05, 3.63) is 95.6 Å². The fraction of sp³-hybridized carbons (Fsp3) is 0. The normalized spacial score (nSPS) is 11.3. The summed E-state index contributed by atoms with van der Waals surface area (Å²) in [5, 5.41) is 8.26. The summed E-state index contributed by atoms with van der Waals surface area (Å²) in [7, 11) is 0. The number of fused-ring (bicyclic) bond motifs is 3. The first kappa shape index (κ1) is 15.4. The van der Waals surface area contributed by atoms with Gasteiger partial charge in [-0.05, 0) is 58.3 Å². The second kappa shape index (κ2) is 6.11. The van der Waals surface area contributed by atoms with E-state index in [-0.39, 0.29) is 0 Å². The SMILES string of the molecule is Brc1cccc(-c2ccc3ccc4c(cnn4-c4ccccc4)c3c2)c1. The molecule has 0 fully saturated rings. The molecule has 0 saturated heterocycles. The number of para-hydroxylation sites is 1. The van der Waals surface area contributed by atoms with Crippen molar-refractivity contribution in [2.45, 2.75) is 0 Å². The van der Waals surface area contributed by atoms with Gasteiger partial charge in [0.1, 0.15) is 0 Å². The van der Waals surface area contributed by atoms with Crippen molar-refractivity contribution < 1.29 is 0 Å². The summed E-state index contributed by atoms with van der Waals surface area (Å²) < 4.78 is 3.09. The van der Waals surface area contributed by atoms with E-state index in [4.69, 9.17) is 0 Å². The molecule has 5 aromatic rings. The Kier molecular flexibility index (Phi) is 3.61. The number of aromatic nitrogens is 2. The lowest BCUT2D eigenvalue weighted by Gasteiger charge is -2.07. The standard InChI is InChI=1S/C23H15BrN2/c24-19-6-4-5-17(13-19)18-10-9-16-11-12-23-22(21(16)14-18)15-25-26(23)20-7-2-1-3-8-20/h1-15H. The van der Waals surface area contributed by atoms with E-state index in [1.807, 2.05) is 35.1 Å². The predicted octanol–water partition coefficient (Wildman–Crippen LogP) is 6.61. The van der Waals surface area contributed by atoms with Crippen LogP contribution in [0.15, 0.2) is 95.6 Å². The summed E-state index contributed by atoms with van der Waals surface area (Å²) in [6.07, 6.45) is 1.97. The minimum Gasteiger partial charge on any atom is -0.233 e.